The first-order valence-electron chi connectivity index (χ1n) is 12.6. The van der Waals surface area contributed by atoms with Gasteiger partial charge in [-0.2, -0.15) is 0 Å². The molecule has 0 fully saturated rings. The van der Waals surface area contributed by atoms with Crippen molar-refractivity contribution >= 4 is 17.6 Å². The van der Waals surface area contributed by atoms with Gasteiger partial charge in [0.05, 0.1) is 18.8 Å². The Kier molecular flexibility index (Phi) is 7.87. The molecule has 2 heterocycles. The van der Waals surface area contributed by atoms with Gasteiger partial charge in [0.15, 0.2) is 0 Å². The van der Waals surface area contributed by atoms with Crippen LogP contribution in [0, 0.1) is 25.5 Å². The number of carboxylic acid groups (broad SMARTS) is 1. The van der Waals surface area contributed by atoms with E-state index in [4.69, 9.17) is 4.74 Å². The van der Waals surface area contributed by atoms with Crippen LogP contribution in [-0.2, 0) is 36.2 Å². The van der Waals surface area contributed by atoms with Crippen LogP contribution < -0.4 is 16.2 Å². The fraction of sp³-hybridized carbons (Fsp3) is 0.345. The van der Waals surface area contributed by atoms with Gasteiger partial charge in [0.1, 0.15) is 23.2 Å². The molecule has 1 aliphatic rings. The van der Waals surface area contributed by atoms with E-state index in [0.717, 1.165) is 34.5 Å². The van der Waals surface area contributed by atoms with E-state index in [0.29, 0.717) is 16.7 Å². The van der Waals surface area contributed by atoms with E-state index in [2.05, 4.69) is 10.6 Å². The predicted molar refractivity (Wildman–Crippen MR) is 143 cm³/mol. The molecule has 10 heteroatoms. The first kappa shape index (κ1) is 28.0. The molecule has 2 aromatic carbocycles. The number of aromatic nitrogens is 1. The van der Waals surface area contributed by atoms with Gasteiger partial charge < -0.3 is 25.0 Å². The SMILES string of the molecule is Cc1cc(C)n(C)c(=O)c1-c1ccc(C[C@H](NC(=O)c2c(F)cc(NC(C)C)cc2F)C(=O)O)c2c1COC2. The normalized spacial score (nSPS) is 13.3. The van der Waals surface area contributed by atoms with Crippen molar-refractivity contribution in [3.8, 4) is 11.1 Å². The molecule has 3 N–H and O–H groups in total. The number of rotatable bonds is 8. The fourth-order valence-corrected chi connectivity index (χ4v) is 4.93. The number of ether oxygens (including phenoxy) is 1. The van der Waals surface area contributed by atoms with Crippen LogP contribution in [0.5, 0.6) is 0 Å². The zero-order chi connectivity index (χ0) is 28.6. The molecule has 206 valence electrons. The molecule has 1 atom stereocenters. The van der Waals surface area contributed by atoms with Gasteiger partial charge in [-0.15, -0.1) is 0 Å². The number of aryl methyl sites for hydroxylation is 2. The summed E-state index contributed by atoms with van der Waals surface area (Å²) in [5.74, 6) is -4.74. The molecule has 1 amide bonds. The van der Waals surface area contributed by atoms with Gasteiger partial charge in [-0.05, 0) is 73.7 Å². The molecular formula is C29H31F2N3O5. The molecule has 0 unspecified atom stereocenters. The third-order valence-corrected chi connectivity index (χ3v) is 6.91. The van der Waals surface area contributed by atoms with Crippen LogP contribution in [0.2, 0.25) is 0 Å². The predicted octanol–water partition coefficient (Wildman–Crippen LogP) is 4.22. The zero-order valence-electron chi connectivity index (χ0n) is 22.4. The fourth-order valence-electron chi connectivity index (χ4n) is 4.93. The molecule has 0 saturated heterocycles. The van der Waals surface area contributed by atoms with Crippen LogP contribution in [0.1, 0.15) is 52.2 Å². The first-order valence-corrected chi connectivity index (χ1v) is 12.6. The maximum Gasteiger partial charge on any atom is 0.326 e. The lowest BCUT2D eigenvalue weighted by Gasteiger charge is -2.19. The summed E-state index contributed by atoms with van der Waals surface area (Å²) >= 11 is 0. The molecule has 1 aliphatic heterocycles. The highest BCUT2D eigenvalue weighted by Crippen LogP contribution is 2.34. The molecule has 8 nitrogen and oxygen atoms in total. The number of fused-ring (bicyclic) bond motifs is 1. The molecule has 0 radical (unpaired) electrons. The molecule has 0 saturated carbocycles. The quantitative estimate of drug-likeness (QED) is 0.396. The number of halogens is 2. The van der Waals surface area contributed by atoms with Crippen molar-refractivity contribution in [2.75, 3.05) is 5.32 Å². The number of carbonyl (C=O) groups is 2. The number of nitrogens with zero attached hydrogens (tertiary/aromatic N) is 1. The number of amides is 1. The van der Waals surface area contributed by atoms with Crippen molar-refractivity contribution in [3.05, 3.63) is 85.8 Å². The number of hydrogen-bond donors (Lipinski definition) is 3. The van der Waals surface area contributed by atoms with Gasteiger partial charge in [0.25, 0.3) is 11.5 Å². The van der Waals surface area contributed by atoms with Crippen LogP contribution in [0.25, 0.3) is 11.1 Å². The average Bonchev–Trinajstić information content (AvgIpc) is 3.33. The highest BCUT2D eigenvalue weighted by molar-refractivity contribution is 5.97. The number of carbonyl (C=O) groups excluding carboxylic acids is 1. The van der Waals surface area contributed by atoms with Crippen LogP contribution in [0.15, 0.2) is 35.1 Å². The minimum atomic E-state index is -1.46. The molecule has 0 spiro atoms. The molecule has 4 rings (SSSR count). The van der Waals surface area contributed by atoms with Crippen LogP contribution >= 0.6 is 0 Å². The third-order valence-electron chi connectivity index (χ3n) is 6.91. The summed E-state index contributed by atoms with van der Waals surface area (Å²) in [6.45, 7) is 7.75. The van der Waals surface area contributed by atoms with Crippen molar-refractivity contribution in [2.24, 2.45) is 7.05 Å². The van der Waals surface area contributed by atoms with E-state index < -0.39 is 35.1 Å². The Hall–Kier alpha value is -4.05. The molecule has 0 bridgehead atoms. The van der Waals surface area contributed by atoms with Crippen molar-refractivity contribution < 1.29 is 28.2 Å². The van der Waals surface area contributed by atoms with Gasteiger partial charge in [-0.25, -0.2) is 13.6 Å². The van der Waals surface area contributed by atoms with Gasteiger partial charge in [0.2, 0.25) is 0 Å². The van der Waals surface area contributed by atoms with E-state index >= 15 is 0 Å². The Morgan fingerprint density at radius 1 is 1.08 bits per heavy atom. The van der Waals surface area contributed by atoms with E-state index in [-0.39, 0.29) is 36.9 Å². The monoisotopic (exact) mass is 539 g/mol. The second-order valence-corrected chi connectivity index (χ2v) is 10.1. The lowest BCUT2D eigenvalue weighted by molar-refractivity contribution is -0.139. The first-order chi connectivity index (χ1) is 18.4. The number of aliphatic carboxylic acids is 1. The third kappa shape index (κ3) is 5.56. The smallest absolute Gasteiger partial charge is 0.326 e. The summed E-state index contributed by atoms with van der Waals surface area (Å²) < 4.78 is 36.6. The lowest BCUT2D eigenvalue weighted by atomic mass is 9.90. The molecule has 1 aromatic heterocycles. The highest BCUT2D eigenvalue weighted by Gasteiger charge is 2.29. The molecular weight excluding hydrogens is 508 g/mol. The number of hydrogen-bond acceptors (Lipinski definition) is 5. The summed E-state index contributed by atoms with van der Waals surface area (Å²) in [4.78, 5) is 38.0. The van der Waals surface area contributed by atoms with Gasteiger partial charge in [-0.3, -0.25) is 9.59 Å². The van der Waals surface area contributed by atoms with Crippen LogP contribution in [0.4, 0.5) is 14.5 Å². The van der Waals surface area contributed by atoms with E-state index in [1.165, 1.54) is 0 Å². The van der Waals surface area contributed by atoms with Crippen molar-refractivity contribution in [1.29, 1.82) is 0 Å². The molecule has 0 aliphatic carbocycles. The minimum absolute atomic E-state index is 0.0881. The van der Waals surface area contributed by atoms with E-state index in [1.54, 1.807) is 37.6 Å². The second-order valence-electron chi connectivity index (χ2n) is 10.1. The largest absolute Gasteiger partial charge is 0.480 e. The van der Waals surface area contributed by atoms with Gasteiger partial charge in [-0.1, -0.05) is 12.1 Å². The Morgan fingerprint density at radius 2 is 1.72 bits per heavy atom. The van der Waals surface area contributed by atoms with Crippen molar-refractivity contribution in [3.63, 3.8) is 0 Å². The van der Waals surface area contributed by atoms with Crippen LogP contribution in [0.3, 0.4) is 0 Å². The standard InChI is InChI=1S/C29H31F2N3O5/c1-14(2)32-18-10-22(30)26(23(31)11-18)27(35)33-24(29(37)38)9-17-6-7-19(21-13-39-12-20(17)21)25-15(3)8-16(4)34(5)28(25)36/h6-8,10-11,14,24,32H,9,12-13H2,1-5H3,(H,33,35)(H,37,38)/t24-/m0/s1. The maximum atomic E-state index is 14.7. The lowest BCUT2D eigenvalue weighted by Crippen LogP contribution is -2.43. The zero-order valence-corrected chi connectivity index (χ0v) is 22.4. The summed E-state index contributed by atoms with van der Waals surface area (Å²) in [6, 6.07) is 5.82. The molecule has 3 aromatic rings. The molecule has 39 heavy (non-hydrogen) atoms. The Labute approximate surface area is 224 Å². The summed E-state index contributed by atoms with van der Waals surface area (Å²) in [7, 11) is 1.70. The number of nitrogens with one attached hydrogen (secondary N) is 2. The summed E-state index contributed by atoms with van der Waals surface area (Å²) in [5.41, 5.74) is 4.15. The van der Waals surface area contributed by atoms with Crippen molar-refractivity contribution in [2.45, 2.75) is 59.4 Å². The van der Waals surface area contributed by atoms with Crippen molar-refractivity contribution in [1.82, 2.24) is 9.88 Å². The second kappa shape index (κ2) is 11.0. The summed E-state index contributed by atoms with van der Waals surface area (Å²) in [5, 5.41) is 15.0. The topological polar surface area (TPSA) is 110 Å². The number of pyridine rings is 1. The summed E-state index contributed by atoms with van der Waals surface area (Å²) in [6.07, 6.45) is -0.145. The van der Waals surface area contributed by atoms with Gasteiger partial charge >= 0.3 is 5.97 Å². The highest BCUT2D eigenvalue weighted by atomic mass is 19.1. The number of carboxylic acids is 1. The Morgan fingerprint density at radius 3 is 2.33 bits per heavy atom. The minimum Gasteiger partial charge on any atom is -0.480 e. The van der Waals surface area contributed by atoms with Crippen LogP contribution in [-0.4, -0.2) is 33.6 Å². The number of anilines is 1. The Balaban J connectivity index is 1.65. The van der Waals surface area contributed by atoms with E-state index in [9.17, 15) is 28.3 Å². The van der Waals surface area contributed by atoms with Gasteiger partial charge in [0, 0.05) is 30.9 Å². The Bertz CT molecular complexity index is 1510. The number of benzene rings is 2. The maximum absolute atomic E-state index is 14.7. The average molecular weight is 540 g/mol. The van der Waals surface area contributed by atoms with E-state index in [1.807, 2.05) is 19.9 Å².